The zero-order valence-electron chi connectivity index (χ0n) is 12.6. The van der Waals surface area contributed by atoms with Crippen molar-refractivity contribution in [3.8, 4) is 0 Å². The van der Waals surface area contributed by atoms with E-state index >= 15 is 0 Å². The average Bonchev–Trinajstić information content (AvgIpc) is 2.27. The number of methoxy groups -OCH3 is 1. The zero-order valence-corrected chi connectivity index (χ0v) is 12.6. The van der Waals surface area contributed by atoms with E-state index in [0.717, 1.165) is 13.1 Å². The zero-order chi connectivity index (χ0) is 14.4. The Balaban J connectivity index is 2.37. The Morgan fingerprint density at radius 2 is 2.00 bits per heavy atom. The van der Waals surface area contributed by atoms with E-state index in [4.69, 9.17) is 4.74 Å². The summed E-state index contributed by atoms with van der Waals surface area (Å²) >= 11 is 0. The van der Waals surface area contributed by atoms with Crippen molar-refractivity contribution in [3.05, 3.63) is 0 Å². The van der Waals surface area contributed by atoms with Crippen LogP contribution in [0.4, 0.5) is 0 Å². The summed E-state index contributed by atoms with van der Waals surface area (Å²) in [5.41, 5.74) is 0. The van der Waals surface area contributed by atoms with Crippen LogP contribution in [0.3, 0.4) is 0 Å². The largest absolute Gasteiger partial charge is 0.389 e. The van der Waals surface area contributed by atoms with E-state index in [1.165, 1.54) is 6.42 Å². The first-order valence-corrected chi connectivity index (χ1v) is 7.05. The molecule has 5 heteroatoms. The molecule has 1 amide bonds. The number of carbonyl (C=O) groups is 1. The van der Waals surface area contributed by atoms with Crippen LogP contribution in [0.1, 0.15) is 20.3 Å². The highest BCUT2D eigenvalue weighted by Crippen LogP contribution is 2.20. The van der Waals surface area contributed by atoms with Crippen molar-refractivity contribution in [1.29, 1.82) is 0 Å². The first-order chi connectivity index (χ1) is 8.92. The van der Waals surface area contributed by atoms with Crippen LogP contribution in [-0.4, -0.2) is 73.9 Å². The maximum Gasteiger partial charge on any atom is 0.236 e. The lowest BCUT2D eigenvalue weighted by molar-refractivity contribution is -0.135. The minimum absolute atomic E-state index is 0.158. The molecule has 1 fully saturated rings. The van der Waals surface area contributed by atoms with Gasteiger partial charge in [0.25, 0.3) is 0 Å². The summed E-state index contributed by atoms with van der Waals surface area (Å²) in [5, 5.41) is 9.64. The van der Waals surface area contributed by atoms with Crippen LogP contribution in [0, 0.1) is 11.8 Å². The summed E-state index contributed by atoms with van der Waals surface area (Å²) in [7, 11) is 3.42. The molecule has 0 saturated carbocycles. The number of hydrogen-bond donors (Lipinski definition) is 1. The number of carbonyl (C=O) groups excluding carboxylic acids is 1. The Morgan fingerprint density at radius 3 is 2.53 bits per heavy atom. The minimum Gasteiger partial charge on any atom is -0.389 e. The third kappa shape index (κ3) is 5.89. The van der Waals surface area contributed by atoms with Crippen molar-refractivity contribution in [2.45, 2.75) is 26.4 Å². The summed E-state index contributed by atoms with van der Waals surface area (Å²) in [6.07, 6.45) is 0.661. The van der Waals surface area contributed by atoms with E-state index in [-0.39, 0.29) is 5.91 Å². The number of piperidine rings is 1. The lowest BCUT2D eigenvalue weighted by Crippen LogP contribution is -2.47. The van der Waals surface area contributed by atoms with Crippen molar-refractivity contribution in [1.82, 2.24) is 9.80 Å². The standard InChI is InChI=1S/C14H28N2O3/c1-11-5-12(2)7-16(6-11)14(18)9-15(3)8-13(17)10-19-4/h11-13,17H,5-10H2,1-4H3. The molecule has 1 heterocycles. The van der Waals surface area contributed by atoms with Gasteiger partial charge in [-0.3, -0.25) is 9.69 Å². The fourth-order valence-electron chi connectivity index (χ4n) is 2.87. The quantitative estimate of drug-likeness (QED) is 0.762. The summed E-state index contributed by atoms with van der Waals surface area (Å²) in [6.45, 7) is 7.23. The van der Waals surface area contributed by atoms with Gasteiger partial charge in [0, 0.05) is 26.7 Å². The van der Waals surface area contributed by atoms with Crippen molar-refractivity contribution < 1.29 is 14.6 Å². The number of amides is 1. The number of ether oxygens (including phenoxy) is 1. The van der Waals surface area contributed by atoms with E-state index < -0.39 is 6.10 Å². The van der Waals surface area contributed by atoms with Crippen LogP contribution in [0.15, 0.2) is 0 Å². The molecule has 0 aliphatic carbocycles. The number of likely N-dealkylation sites (N-methyl/N-ethyl adjacent to an activating group) is 1. The Bertz CT molecular complexity index is 276. The molecule has 1 rings (SSSR count). The maximum atomic E-state index is 12.2. The van der Waals surface area contributed by atoms with E-state index in [1.54, 1.807) is 7.11 Å². The number of likely N-dealkylation sites (tertiary alicyclic amines) is 1. The molecular weight excluding hydrogens is 244 g/mol. The first-order valence-electron chi connectivity index (χ1n) is 7.05. The van der Waals surface area contributed by atoms with Crippen LogP contribution in [0.25, 0.3) is 0 Å². The van der Waals surface area contributed by atoms with Gasteiger partial charge in [0.2, 0.25) is 5.91 Å². The molecule has 0 radical (unpaired) electrons. The second-order valence-electron chi connectivity index (χ2n) is 6.05. The van der Waals surface area contributed by atoms with Crippen molar-refractivity contribution in [2.75, 3.05) is 46.9 Å². The van der Waals surface area contributed by atoms with E-state index in [0.29, 0.717) is 31.5 Å². The second-order valence-corrected chi connectivity index (χ2v) is 6.05. The van der Waals surface area contributed by atoms with Gasteiger partial charge in [-0.05, 0) is 25.3 Å². The van der Waals surface area contributed by atoms with Gasteiger partial charge in [-0.2, -0.15) is 0 Å². The molecule has 19 heavy (non-hydrogen) atoms. The Morgan fingerprint density at radius 1 is 1.42 bits per heavy atom. The number of aliphatic hydroxyl groups excluding tert-OH is 1. The smallest absolute Gasteiger partial charge is 0.236 e. The molecule has 5 nitrogen and oxygen atoms in total. The molecule has 1 aliphatic heterocycles. The third-order valence-corrected chi connectivity index (χ3v) is 3.51. The lowest BCUT2D eigenvalue weighted by atomic mass is 9.92. The van der Waals surface area contributed by atoms with Crippen LogP contribution in [0.2, 0.25) is 0 Å². The molecule has 1 aliphatic rings. The normalized spacial score (nSPS) is 25.7. The summed E-state index contributed by atoms with van der Waals surface area (Å²) < 4.78 is 4.88. The fraction of sp³-hybridized carbons (Fsp3) is 0.929. The molecule has 112 valence electrons. The monoisotopic (exact) mass is 272 g/mol. The van der Waals surface area contributed by atoms with Gasteiger partial charge in [0.05, 0.1) is 19.3 Å². The molecular formula is C14H28N2O3. The Labute approximate surface area is 116 Å². The van der Waals surface area contributed by atoms with Crippen molar-refractivity contribution >= 4 is 5.91 Å². The fourth-order valence-corrected chi connectivity index (χ4v) is 2.87. The summed E-state index contributed by atoms with van der Waals surface area (Å²) in [6, 6.07) is 0. The number of aliphatic hydroxyl groups is 1. The molecule has 0 aromatic rings. The maximum absolute atomic E-state index is 12.2. The highest BCUT2D eigenvalue weighted by atomic mass is 16.5. The molecule has 0 aromatic carbocycles. The first kappa shape index (κ1) is 16.4. The number of nitrogens with zero attached hydrogens (tertiary/aromatic N) is 2. The van der Waals surface area contributed by atoms with Crippen LogP contribution in [0.5, 0.6) is 0 Å². The highest BCUT2D eigenvalue weighted by molar-refractivity contribution is 5.78. The molecule has 0 aromatic heterocycles. The van der Waals surface area contributed by atoms with Gasteiger partial charge in [-0.1, -0.05) is 13.8 Å². The van der Waals surface area contributed by atoms with Crippen LogP contribution < -0.4 is 0 Å². The molecule has 0 bridgehead atoms. The van der Waals surface area contributed by atoms with Gasteiger partial charge in [0.1, 0.15) is 0 Å². The van der Waals surface area contributed by atoms with Gasteiger partial charge < -0.3 is 14.7 Å². The molecule has 1 N–H and O–H groups in total. The number of hydrogen-bond acceptors (Lipinski definition) is 4. The van der Waals surface area contributed by atoms with Gasteiger partial charge >= 0.3 is 0 Å². The predicted octanol–water partition coefficient (Wildman–Crippen LogP) is 0.430. The van der Waals surface area contributed by atoms with Crippen LogP contribution >= 0.6 is 0 Å². The molecule has 1 saturated heterocycles. The Hall–Kier alpha value is -0.650. The summed E-state index contributed by atoms with van der Waals surface area (Å²) in [5.74, 6) is 1.32. The van der Waals surface area contributed by atoms with Gasteiger partial charge in [-0.25, -0.2) is 0 Å². The van der Waals surface area contributed by atoms with Gasteiger partial charge in [-0.15, -0.1) is 0 Å². The lowest BCUT2D eigenvalue weighted by Gasteiger charge is -2.36. The second kappa shape index (κ2) is 7.82. The van der Waals surface area contributed by atoms with E-state index in [1.807, 2.05) is 16.8 Å². The van der Waals surface area contributed by atoms with Gasteiger partial charge in [0.15, 0.2) is 0 Å². The molecule has 3 unspecified atom stereocenters. The van der Waals surface area contributed by atoms with Crippen molar-refractivity contribution in [2.24, 2.45) is 11.8 Å². The summed E-state index contributed by atoms with van der Waals surface area (Å²) in [4.78, 5) is 16.0. The SMILES string of the molecule is COCC(O)CN(C)CC(=O)N1CC(C)CC(C)C1. The van der Waals surface area contributed by atoms with Crippen LogP contribution in [-0.2, 0) is 9.53 Å². The van der Waals surface area contributed by atoms with E-state index in [2.05, 4.69) is 13.8 Å². The minimum atomic E-state index is -0.540. The number of rotatable bonds is 6. The molecule has 0 spiro atoms. The average molecular weight is 272 g/mol. The third-order valence-electron chi connectivity index (χ3n) is 3.51. The van der Waals surface area contributed by atoms with E-state index in [9.17, 15) is 9.90 Å². The topological polar surface area (TPSA) is 53.0 Å². The highest BCUT2D eigenvalue weighted by Gasteiger charge is 2.26. The van der Waals surface area contributed by atoms with Crippen molar-refractivity contribution in [3.63, 3.8) is 0 Å². The predicted molar refractivity (Wildman–Crippen MR) is 74.9 cm³/mol. The Kier molecular flexibility index (Phi) is 6.75. The molecule has 3 atom stereocenters.